The summed E-state index contributed by atoms with van der Waals surface area (Å²) in [6, 6.07) is 13.3. The van der Waals surface area contributed by atoms with Crippen LogP contribution in [-0.2, 0) is 11.2 Å². The Bertz CT molecular complexity index is 634. The summed E-state index contributed by atoms with van der Waals surface area (Å²) in [7, 11) is 1.87. The van der Waals surface area contributed by atoms with E-state index in [1.165, 1.54) is 0 Å². The van der Waals surface area contributed by atoms with E-state index in [0.29, 0.717) is 12.1 Å². The van der Waals surface area contributed by atoms with Crippen molar-refractivity contribution in [3.63, 3.8) is 0 Å². The van der Waals surface area contributed by atoms with Crippen LogP contribution in [0.5, 0.6) is 0 Å². The molecule has 0 unspecified atom stereocenters. The molecule has 19 heavy (non-hydrogen) atoms. The Morgan fingerprint density at radius 2 is 1.89 bits per heavy atom. The molecule has 0 aliphatic carbocycles. The van der Waals surface area contributed by atoms with E-state index in [0.717, 1.165) is 22.6 Å². The number of carbonyl (C=O) groups is 1. The molecule has 0 saturated heterocycles. The first-order valence-electron chi connectivity index (χ1n) is 6.18. The molecule has 2 aromatic carbocycles. The highest BCUT2D eigenvalue weighted by atomic mass is 16.2. The lowest BCUT2D eigenvalue weighted by Crippen LogP contribution is -2.20. The lowest BCUT2D eigenvalue weighted by molar-refractivity contribution is -0.116. The Labute approximate surface area is 111 Å². The lowest BCUT2D eigenvalue weighted by atomic mass is 10.1. The third-order valence-corrected chi connectivity index (χ3v) is 3.35. The topological polar surface area (TPSA) is 58.4 Å². The number of nitrogens with one attached hydrogen (secondary N) is 1. The number of hydrogen-bond donors (Lipinski definition) is 2. The molecule has 4 heteroatoms. The van der Waals surface area contributed by atoms with Crippen molar-refractivity contribution in [2.75, 3.05) is 23.0 Å². The van der Waals surface area contributed by atoms with Gasteiger partial charge in [-0.05, 0) is 48.0 Å². The van der Waals surface area contributed by atoms with Crippen molar-refractivity contribution >= 4 is 28.7 Å². The number of benzene rings is 2. The number of carbonyl (C=O) groups excluding carboxylic acids is 1. The van der Waals surface area contributed by atoms with E-state index in [2.05, 4.69) is 5.32 Å². The van der Waals surface area contributed by atoms with Gasteiger partial charge in [-0.25, -0.2) is 0 Å². The molecule has 0 atom stereocenters. The van der Waals surface area contributed by atoms with Gasteiger partial charge in [0.05, 0.1) is 12.1 Å². The maximum atomic E-state index is 12.2. The minimum absolute atomic E-state index is 0.0908. The number of rotatable bonds is 2. The number of fused-ring (bicyclic) bond motifs is 1. The molecule has 0 fully saturated rings. The number of hydrogen-bond acceptors (Lipinski definition) is 3. The molecule has 1 heterocycles. The highest BCUT2D eigenvalue weighted by Crippen LogP contribution is 2.36. The highest BCUT2D eigenvalue weighted by molar-refractivity contribution is 6.07. The molecule has 0 spiro atoms. The van der Waals surface area contributed by atoms with Gasteiger partial charge in [0.1, 0.15) is 0 Å². The van der Waals surface area contributed by atoms with Gasteiger partial charge < -0.3 is 11.1 Å². The second-order valence-electron chi connectivity index (χ2n) is 4.59. The van der Waals surface area contributed by atoms with Crippen LogP contribution in [0.4, 0.5) is 22.7 Å². The molecule has 0 saturated carbocycles. The molecule has 4 nitrogen and oxygen atoms in total. The normalized spacial score (nSPS) is 13.5. The molecular formula is C15H15N3O. The number of anilines is 4. The zero-order valence-electron chi connectivity index (χ0n) is 10.7. The van der Waals surface area contributed by atoms with Crippen LogP contribution in [0.25, 0.3) is 0 Å². The van der Waals surface area contributed by atoms with Crippen LogP contribution >= 0.6 is 0 Å². The molecule has 0 bridgehead atoms. The van der Waals surface area contributed by atoms with Crippen molar-refractivity contribution in [2.45, 2.75) is 6.42 Å². The summed E-state index contributed by atoms with van der Waals surface area (Å²) >= 11 is 0. The van der Waals surface area contributed by atoms with Crippen LogP contribution in [0, 0.1) is 0 Å². The van der Waals surface area contributed by atoms with Crippen molar-refractivity contribution < 1.29 is 4.79 Å². The van der Waals surface area contributed by atoms with Gasteiger partial charge in [0, 0.05) is 24.1 Å². The SMILES string of the molecule is CNc1ccc2c(c1)CC(=O)N2c1ccc(N)cc1. The zero-order valence-corrected chi connectivity index (χ0v) is 10.7. The van der Waals surface area contributed by atoms with Crippen molar-refractivity contribution in [1.82, 2.24) is 0 Å². The standard InChI is InChI=1S/C15H15N3O/c1-17-12-4-7-14-10(8-12)9-15(19)18(14)13-5-2-11(16)3-6-13/h2-8,17H,9,16H2,1H3. The number of nitrogen functional groups attached to an aromatic ring is 1. The van der Waals surface area contributed by atoms with Gasteiger partial charge in [-0.15, -0.1) is 0 Å². The Morgan fingerprint density at radius 3 is 2.58 bits per heavy atom. The van der Waals surface area contributed by atoms with E-state index in [-0.39, 0.29) is 5.91 Å². The third kappa shape index (κ3) is 1.91. The van der Waals surface area contributed by atoms with Crippen LogP contribution in [0.2, 0.25) is 0 Å². The third-order valence-electron chi connectivity index (χ3n) is 3.35. The minimum atomic E-state index is 0.0908. The van der Waals surface area contributed by atoms with Gasteiger partial charge in [0.15, 0.2) is 0 Å². The summed E-state index contributed by atoms with van der Waals surface area (Å²) in [5.41, 5.74) is 10.3. The number of amides is 1. The Morgan fingerprint density at radius 1 is 1.16 bits per heavy atom. The van der Waals surface area contributed by atoms with Crippen LogP contribution in [0.3, 0.4) is 0 Å². The maximum absolute atomic E-state index is 12.2. The van der Waals surface area contributed by atoms with Crippen molar-refractivity contribution in [3.05, 3.63) is 48.0 Å². The van der Waals surface area contributed by atoms with Gasteiger partial charge >= 0.3 is 0 Å². The van der Waals surface area contributed by atoms with Gasteiger partial charge in [-0.1, -0.05) is 0 Å². The predicted molar refractivity (Wildman–Crippen MR) is 77.7 cm³/mol. The highest BCUT2D eigenvalue weighted by Gasteiger charge is 2.28. The van der Waals surface area contributed by atoms with Crippen molar-refractivity contribution in [3.8, 4) is 0 Å². The van der Waals surface area contributed by atoms with Crippen LogP contribution in [0.15, 0.2) is 42.5 Å². The summed E-state index contributed by atoms with van der Waals surface area (Å²) in [6.45, 7) is 0. The fraction of sp³-hybridized carbons (Fsp3) is 0.133. The van der Waals surface area contributed by atoms with E-state index in [1.54, 1.807) is 4.90 Å². The average molecular weight is 253 g/mol. The molecule has 1 amide bonds. The van der Waals surface area contributed by atoms with Crippen molar-refractivity contribution in [1.29, 1.82) is 0 Å². The summed E-state index contributed by atoms with van der Waals surface area (Å²) in [6.07, 6.45) is 0.440. The Balaban J connectivity index is 2.05. The van der Waals surface area contributed by atoms with Crippen molar-refractivity contribution in [2.24, 2.45) is 0 Å². The first-order chi connectivity index (χ1) is 9.19. The number of nitrogens with two attached hydrogens (primary N) is 1. The van der Waals surface area contributed by atoms with E-state index in [9.17, 15) is 4.79 Å². The zero-order chi connectivity index (χ0) is 13.4. The first kappa shape index (κ1) is 11.6. The second-order valence-corrected chi connectivity index (χ2v) is 4.59. The fourth-order valence-electron chi connectivity index (χ4n) is 2.38. The molecule has 1 aliphatic rings. The minimum Gasteiger partial charge on any atom is -0.399 e. The smallest absolute Gasteiger partial charge is 0.236 e. The quantitative estimate of drug-likeness (QED) is 0.809. The predicted octanol–water partition coefficient (Wildman–Crippen LogP) is 2.53. The first-order valence-corrected chi connectivity index (χ1v) is 6.18. The van der Waals surface area contributed by atoms with Gasteiger partial charge in [0.25, 0.3) is 0 Å². The van der Waals surface area contributed by atoms with Gasteiger partial charge in [-0.3, -0.25) is 9.69 Å². The van der Waals surface area contributed by atoms with E-state index in [1.807, 2.05) is 49.5 Å². The lowest BCUT2D eigenvalue weighted by Gasteiger charge is -2.18. The average Bonchev–Trinajstić information content (AvgIpc) is 2.74. The van der Waals surface area contributed by atoms with Crippen LogP contribution < -0.4 is 16.0 Å². The largest absolute Gasteiger partial charge is 0.399 e. The van der Waals surface area contributed by atoms with E-state index < -0.39 is 0 Å². The van der Waals surface area contributed by atoms with Gasteiger partial charge in [0.2, 0.25) is 5.91 Å². The van der Waals surface area contributed by atoms with E-state index >= 15 is 0 Å². The van der Waals surface area contributed by atoms with E-state index in [4.69, 9.17) is 5.73 Å². The molecule has 1 aliphatic heterocycles. The summed E-state index contributed by atoms with van der Waals surface area (Å²) < 4.78 is 0. The molecule has 0 radical (unpaired) electrons. The summed E-state index contributed by atoms with van der Waals surface area (Å²) in [5, 5.41) is 3.09. The fourth-order valence-corrected chi connectivity index (χ4v) is 2.38. The summed E-state index contributed by atoms with van der Waals surface area (Å²) in [4.78, 5) is 13.9. The molecular weight excluding hydrogens is 238 g/mol. The molecule has 2 aromatic rings. The molecule has 3 N–H and O–H groups in total. The molecule has 0 aromatic heterocycles. The summed E-state index contributed by atoms with van der Waals surface area (Å²) in [5.74, 6) is 0.0908. The maximum Gasteiger partial charge on any atom is 0.236 e. The van der Waals surface area contributed by atoms with Crippen LogP contribution in [-0.4, -0.2) is 13.0 Å². The Kier molecular flexibility index (Phi) is 2.63. The molecule has 96 valence electrons. The monoisotopic (exact) mass is 253 g/mol. The van der Waals surface area contributed by atoms with Crippen LogP contribution in [0.1, 0.15) is 5.56 Å². The second kappa shape index (κ2) is 4.31. The number of nitrogens with zero attached hydrogens (tertiary/aromatic N) is 1. The van der Waals surface area contributed by atoms with Gasteiger partial charge in [-0.2, -0.15) is 0 Å². The molecule has 3 rings (SSSR count). The Hall–Kier alpha value is -2.49.